The minimum absolute atomic E-state index is 0.195. The van der Waals surface area contributed by atoms with Gasteiger partial charge in [0, 0.05) is 5.75 Å². The molecule has 3 rings (SSSR count). The molecule has 2 nitrogen and oxygen atoms in total. The van der Waals surface area contributed by atoms with Crippen molar-refractivity contribution in [1.82, 2.24) is 0 Å². The van der Waals surface area contributed by atoms with Crippen LogP contribution < -0.4 is 4.74 Å². The maximum absolute atomic E-state index is 10.9. The fourth-order valence-electron chi connectivity index (χ4n) is 2.80. The van der Waals surface area contributed by atoms with E-state index in [1.807, 2.05) is 36.0 Å². The highest BCUT2D eigenvalue weighted by atomic mass is 32.2. The van der Waals surface area contributed by atoms with Crippen molar-refractivity contribution in [2.24, 2.45) is 5.41 Å². The van der Waals surface area contributed by atoms with Gasteiger partial charge in [-0.2, -0.15) is 11.8 Å². The summed E-state index contributed by atoms with van der Waals surface area (Å²) in [4.78, 5) is 0. The molecule has 1 atom stereocenters. The normalized spacial score (nSPS) is 30.1. The van der Waals surface area contributed by atoms with E-state index in [0.717, 1.165) is 29.2 Å². The van der Waals surface area contributed by atoms with Crippen molar-refractivity contribution >= 4 is 11.8 Å². The van der Waals surface area contributed by atoms with E-state index in [4.69, 9.17) is 4.74 Å². The third-order valence-electron chi connectivity index (χ3n) is 3.82. The molecule has 104 valence electrons. The summed E-state index contributed by atoms with van der Waals surface area (Å²) in [5.41, 5.74) is 0.529. The zero-order valence-electron chi connectivity index (χ0n) is 11.7. The van der Waals surface area contributed by atoms with Gasteiger partial charge in [-0.1, -0.05) is 26.0 Å². The summed E-state index contributed by atoms with van der Waals surface area (Å²) in [5, 5.41) is 10.9. The van der Waals surface area contributed by atoms with Crippen LogP contribution in [-0.2, 0) is 5.60 Å². The van der Waals surface area contributed by atoms with Crippen LogP contribution in [0, 0.1) is 5.41 Å². The van der Waals surface area contributed by atoms with E-state index in [-0.39, 0.29) is 5.41 Å². The van der Waals surface area contributed by atoms with Gasteiger partial charge in [-0.25, -0.2) is 0 Å². The van der Waals surface area contributed by atoms with Crippen LogP contribution in [0.2, 0.25) is 0 Å². The molecule has 1 heterocycles. The summed E-state index contributed by atoms with van der Waals surface area (Å²) in [5.74, 6) is 2.84. The largest absolute Gasteiger partial charge is 0.490 e. The van der Waals surface area contributed by atoms with Gasteiger partial charge in [0.1, 0.15) is 5.75 Å². The lowest BCUT2D eigenvalue weighted by Crippen LogP contribution is -2.40. The number of rotatable bonds is 3. The van der Waals surface area contributed by atoms with Gasteiger partial charge in [0.05, 0.1) is 11.7 Å². The Balaban J connectivity index is 1.76. The van der Waals surface area contributed by atoms with Gasteiger partial charge in [0.25, 0.3) is 0 Å². The molecule has 0 amide bonds. The molecule has 19 heavy (non-hydrogen) atoms. The van der Waals surface area contributed by atoms with Crippen LogP contribution >= 0.6 is 11.8 Å². The van der Waals surface area contributed by atoms with Crippen LogP contribution in [0.25, 0.3) is 0 Å². The lowest BCUT2D eigenvalue weighted by molar-refractivity contribution is 0.0156. The van der Waals surface area contributed by atoms with Crippen LogP contribution in [0.3, 0.4) is 0 Å². The molecule has 0 bridgehead atoms. The number of aliphatic hydroxyl groups is 1. The molecule has 1 aliphatic carbocycles. The molecule has 1 aromatic rings. The Morgan fingerprint density at radius 3 is 2.42 bits per heavy atom. The van der Waals surface area contributed by atoms with Gasteiger partial charge < -0.3 is 9.84 Å². The molecule has 0 aromatic heterocycles. The average molecular weight is 278 g/mol. The number of ether oxygens (including phenoxy) is 1. The van der Waals surface area contributed by atoms with Crippen LogP contribution in [0.15, 0.2) is 24.3 Å². The van der Waals surface area contributed by atoms with E-state index >= 15 is 0 Å². The molecule has 2 aliphatic rings. The van der Waals surface area contributed by atoms with E-state index in [0.29, 0.717) is 6.10 Å². The molecule has 1 aliphatic heterocycles. The third-order valence-corrected chi connectivity index (χ3v) is 5.49. The first kappa shape index (κ1) is 13.3. The monoisotopic (exact) mass is 278 g/mol. The van der Waals surface area contributed by atoms with Gasteiger partial charge in [0.15, 0.2) is 0 Å². The predicted octanol–water partition coefficient (Wildman–Crippen LogP) is 3.58. The molecule has 2 fully saturated rings. The average Bonchev–Trinajstić information content (AvgIpc) is 3.12. The molecule has 1 aromatic carbocycles. The van der Waals surface area contributed by atoms with E-state index in [9.17, 15) is 5.11 Å². The van der Waals surface area contributed by atoms with Gasteiger partial charge >= 0.3 is 0 Å². The Bertz CT molecular complexity index is 450. The number of hydrogen-bond acceptors (Lipinski definition) is 3. The summed E-state index contributed by atoms with van der Waals surface area (Å²) in [6, 6.07) is 8.05. The van der Waals surface area contributed by atoms with Crippen molar-refractivity contribution in [3.8, 4) is 5.75 Å². The summed E-state index contributed by atoms with van der Waals surface area (Å²) in [6.45, 7) is 4.46. The molecule has 1 N–H and O–H groups in total. The number of hydrogen-bond donors (Lipinski definition) is 1. The zero-order valence-corrected chi connectivity index (χ0v) is 12.5. The highest BCUT2D eigenvalue weighted by molar-refractivity contribution is 7.99. The lowest BCUT2D eigenvalue weighted by atomic mass is 9.78. The molecular weight excluding hydrogens is 256 g/mol. The second-order valence-corrected chi connectivity index (χ2v) is 7.69. The maximum atomic E-state index is 10.9. The summed E-state index contributed by atoms with van der Waals surface area (Å²) in [6.07, 6.45) is 3.61. The summed E-state index contributed by atoms with van der Waals surface area (Å²) < 4.78 is 5.75. The van der Waals surface area contributed by atoms with Crippen molar-refractivity contribution in [2.45, 2.75) is 44.8 Å². The number of thioether (sulfide) groups is 1. The van der Waals surface area contributed by atoms with Crippen molar-refractivity contribution in [2.75, 3.05) is 11.5 Å². The van der Waals surface area contributed by atoms with Crippen LogP contribution in [-0.4, -0.2) is 22.7 Å². The third kappa shape index (κ3) is 3.09. The molecule has 1 unspecified atom stereocenters. The Morgan fingerprint density at radius 1 is 1.16 bits per heavy atom. The second kappa shape index (κ2) is 4.71. The molecule has 1 saturated carbocycles. The van der Waals surface area contributed by atoms with Crippen LogP contribution in [0.1, 0.15) is 38.7 Å². The van der Waals surface area contributed by atoms with Gasteiger partial charge in [-0.05, 0) is 48.1 Å². The zero-order chi connectivity index (χ0) is 13.5. The van der Waals surface area contributed by atoms with Crippen LogP contribution in [0.4, 0.5) is 0 Å². The Hall–Kier alpha value is -0.670. The van der Waals surface area contributed by atoms with E-state index in [1.54, 1.807) is 0 Å². The molecule has 3 heteroatoms. The molecular formula is C16H22O2S. The SMILES string of the molecule is CC1(C)CSCC(O)(c2ccc(OC3CC3)cc2)C1. The number of benzene rings is 1. The fraction of sp³-hybridized carbons (Fsp3) is 0.625. The first-order valence-electron chi connectivity index (χ1n) is 7.04. The highest BCUT2D eigenvalue weighted by Crippen LogP contribution is 2.44. The van der Waals surface area contributed by atoms with Gasteiger partial charge in [-0.15, -0.1) is 0 Å². The Morgan fingerprint density at radius 2 is 1.84 bits per heavy atom. The van der Waals surface area contributed by atoms with Crippen molar-refractivity contribution in [3.63, 3.8) is 0 Å². The van der Waals surface area contributed by atoms with E-state index < -0.39 is 5.60 Å². The van der Waals surface area contributed by atoms with Gasteiger partial charge in [0.2, 0.25) is 0 Å². The van der Waals surface area contributed by atoms with Crippen molar-refractivity contribution < 1.29 is 9.84 Å². The molecule has 0 spiro atoms. The minimum atomic E-state index is -0.690. The Labute approximate surface area is 119 Å². The summed E-state index contributed by atoms with van der Waals surface area (Å²) in [7, 11) is 0. The maximum Gasteiger partial charge on any atom is 0.119 e. The first-order chi connectivity index (χ1) is 8.97. The highest BCUT2D eigenvalue weighted by Gasteiger charge is 2.40. The van der Waals surface area contributed by atoms with Crippen LogP contribution in [0.5, 0.6) is 5.75 Å². The predicted molar refractivity (Wildman–Crippen MR) is 79.7 cm³/mol. The Kier molecular flexibility index (Phi) is 3.30. The minimum Gasteiger partial charge on any atom is -0.490 e. The van der Waals surface area contributed by atoms with Crippen molar-refractivity contribution in [1.29, 1.82) is 0 Å². The van der Waals surface area contributed by atoms with E-state index in [2.05, 4.69) is 13.8 Å². The van der Waals surface area contributed by atoms with Gasteiger partial charge in [-0.3, -0.25) is 0 Å². The smallest absolute Gasteiger partial charge is 0.119 e. The quantitative estimate of drug-likeness (QED) is 0.916. The topological polar surface area (TPSA) is 29.5 Å². The fourth-order valence-corrected chi connectivity index (χ4v) is 4.16. The lowest BCUT2D eigenvalue weighted by Gasteiger charge is -2.41. The molecule has 0 radical (unpaired) electrons. The second-order valence-electron chi connectivity index (χ2n) is 6.71. The summed E-state index contributed by atoms with van der Waals surface area (Å²) >= 11 is 1.85. The molecule has 1 saturated heterocycles. The first-order valence-corrected chi connectivity index (χ1v) is 8.20. The van der Waals surface area contributed by atoms with E-state index in [1.165, 1.54) is 12.8 Å². The standard InChI is InChI=1S/C16H22O2S/c1-15(2)9-16(17,11-19-10-15)12-3-5-13(6-4-12)18-14-7-8-14/h3-6,14,17H,7-11H2,1-2H3. The van der Waals surface area contributed by atoms with Crippen molar-refractivity contribution in [3.05, 3.63) is 29.8 Å².